The zero-order chi connectivity index (χ0) is 20.8. The van der Waals surface area contributed by atoms with E-state index in [-0.39, 0.29) is 0 Å². The van der Waals surface area contributed by atoms with Crippen LogP contribution >= 0.6 is 15.9 Å². The lowest BCUT2D eigenvalue weighted by atomic mass is 9.67. The Morgan fingerprint density at radius 1 is 1.21 bits per heavy atom. The summed E-state index contributed by atoms with van der Waals surface area (Å²) in [4.78, 5) is 27.5. The van der Waals surface area contributed by atoms with Gasteiger partial charge in [-0.25, -0.2) is 0 Å². The van der Waals surface area contributed by atoms with Crippen LogP contribution in [0.3, 0.4) is 0 Å². The summed E-state index contributed by atoms with van der Waals surface area (Å²) in [6.07, 6.45) is 3.61. The molecule has 2 aliphatic rings. The highest BCUT2D eigenvalue weighted by molar-refractivity contribution is 9.10. The van der Waals surface area contributed by atoms with Crippen LogP contribution in [0, 0.1) is 16.7 Å². The largest absolute Gasteiger partial charge is 0.468 e. The van der Waals surface area contributed by atoms with Crippen LogP contribution in [0.25, 0.3) is 6.08 Å². The molecule has 146 valence electrons. The van der Waals surface area contributed by atoms with Crippen LogP contribution in [0.5, 0.6) is 0 Å². The summed E-state index contributed by atoms with van der Waals surface area (Å²) in [7, 11) is 1.26. The van der Waals surface area contributed by atoms with Crippen LogP contribution < -0.4 is 5.73 Å². The predicted octanol–water partition coefficient (Wildman–Crippen LogP) is 3.11. The molecular weight excluding hydrogens is 434 g/mol. The first kappa shape index (κ1) is 19.2. The number of hydrogen-bond acceptors (Lipinski definition) is 5. The lowest BCUT2D eigenvalue weighted by Crippen LogP contribution is -2.42. The van der Waals surface area contributed by atoms with Gasteiger partial charge in [0, 0.05) is 16.6 Å². The number of nitrogens with two attached hydrogens (primary N) is 1. The second kappa shape index (κ2) is 7.05. The summed E-state index contributed by atoms with van der Waals surface area (Å²) in [5.74, 6) is -2.09. The Bertz CT molecular complexity index is 1060. The molecule has 1 saturated heterocycles. The lowest BCUT2D eigenvalue weighted by molar-refractivity contribution is -0.151. The maximum absolute atomic E-state index is 13.2. The van der Waals surface area contributed by atoms with Crippen LogP contribution in [0.4, 0.5) is 0 Å². The summed E-state index contributed by atoms with van der Waals surface area (Å²) in [5.41, 5.74) is 6.51. The fraction of sp³-hybridized carbons (Fsp3) is 0.227. The molecule has 0 bridgehead atoms. The molecule has 2 aliphatic heterocycles. The number of nitrogens with zero attached hydrogens (tertiary/aromatic N) is 2. The number of esters is 1. The minimum Gasteiger partial charge on any atom is -0.468 e. The number of ether oxygens (including phenoxy) is 1. The van der Waals surface area contributed by atoms with Crippen molar-refractivity contribution in [1.29, 1.82) is 5.26 Å². The summed E-state index contributed by atoms with van der Waals surface area (Å²) in [5, 5.41) is 10.4. The number of amides is 1. The van der Waals surface area contributed by atoms with Gasteiger partial charge in [0.05, 0.1) is 19.2 Å². The van der Waals surface area contributed by atoms with E-state index in [9.17, 15) is 14.9 Å². The van der Waals surface area contributed by atoms with Gasteiger partial charge in [0.15, 0.2) is 5.41 Å². The number of rotatable bonds is 3. The van der Waals surface area contributed by atoms with Gasteiger partial charge in [-0.15, -0.1) is 0 Å². The first-order chi connectivity index (χ1) is 14.0. The maximum Gasteiger partial charge on any atom is 0.329 e. The van der Waals surface area contributed by atoms with Gasteiger partial charge in [0.25, 0.3) is 0 Å². The number of nitriles is 1. The van der Waals surface area contributed by atoms with Crippen molar-refractivity contribution in [3.8, 4) is 6.07 Å². The molecule has 2 aromatic rings. The molecule has 29 heavy (non-hydrogen) atoms. The van der Waals surface area contributed by atoms with E-state index in [2.05, 4.69) is 22.0 Å². The molecule has 0 saturated carbocycles. The van der Waals surface area contributed by atoms with Gasteiger partial charge in [-0.3, -0.25) is 9.59 Å². The molecule has 0 aromatic heterocycles. The molecule has 7 heteroatoms. The summed E-state index contributed by atoms with van der Waals surface area (Å²) in [6, 6.07) is 15.4. The third-order valence-corrected chi connectivity index (χ3v) is 6.33. The highest BCUT2D eigenvalue weighted by Gasteiger charge is 2.67. The first-order valence-electron chi connectivity index (χ1n) is 9.04. The van der Waals surface area contributed by atoms with Gasteiger partial charge in [0.2, 0.25) is 5.91 Å². The zero-order valence-corrected chi connectivity index (χ0v) is 17.2. The molecule has 4 atom stereocenters. The highest BCUT2D eigenvalue weighted by Crippen LogP contribution is 2.60. The average Bonchev–Trinajstić information content (AvgIpc) is 3.05. The molecule has 6 nitrogen and oxygen atoms in total. The van der Waals surface area contributed by atoms with Gasteiger partial charge >= 0.3 is 5.97 Å². The Hall–Kier alpha value is -3.11. The number of fused-ring (bicyclic) bond motifs is 3. The second-order valence-corrected chi connectivity index (χ2v) is 8.06. The Morgan fingerprint density at radius 3 is 2.52 bits per heavy atom. The van der Waals surface area contributed by atoms with E-state index in [4.69, 9.17) is 10.5 Å². The zero-order valence-electron chi connectivity index (χ0n) is 15.6. The minimum atomic E-state index is -1.65. The summed E-state index contributed by atoms with van der Waals surface area (Å²) < 4.78 is 5.97. The number of benzene rings is 2. The van der Waals surface area contributed by atoms with Crippen molar-refractivity contribution in [3.05, 3.63) is 75.9 Å². The molecule has 2 aromatic carbocycles. The molecule has 2 N–H and O–H groups in total. The van der Waals surface area contributed by atoms with Crippen molar-refractivity contribution in [3.63, 3.8) is 0 Å². The normalized spacial score (nSPS) is 26.9. The van der Waals surface area contributed by atoms with Crippen molar-refractivity contribution in [2.24, 2.45) is 11.1 Å². The molecule has 0 spiro atoms. The quantitative estimate of drug-likeness (QED) is 0.722. The van der Waals surface area contributed by atoms with Crippen molar-refractivity contribution >= 4 is 33.9 Å². The van der Waals surface area contributed by atoms with E-state index >= 15 is 0 Å². The molecular formula is C22H18BrN3O3. The Balaban J connectivity index is 2.04. The van der Waals surface area contributed by atoms with E-state index in [1.165, 1.54) is 7.11 Å². The van der Waals surface area contributed by atoms with Gasteiger partial charge in [-0.05, 0) is 34.9 Å². The van der Waals surface area contributed by atoms with E-state index in [1.54, 1.807) is 23.2 Å². The standard InChI is InChI=1S/C22H18BrN3O3/c1-29-21(28)22(12-24)17(14-6-8-15(23)9-7-14)18(20(25)27)26-11-10-13-4-2-3-5-16(13)19(22)26/h2-11,17-19H,1H3,(H2,25,27)/t17-,18+,19+,22+/m1/s1. The van der Waals surface area contributed by atoms with Crippen molar-refractivity contribution < 1.29 is 14.3 Å². The van der Waals surface area contributed by atoms with E-state index in [1.807, 2.05) is 42.5 Å². The number of hydrogen-bond donors (Lipinski definition) is 1. The monoisotopic (exact) mass is 451 g/mol. The molecule has 4 rings (SSSR count). The highest BCUT2D eigenvalue weighted by atomic mass is 79.9. The van der Waals surface area contributed by atoms with E-state index < -0.39 is 35.3 Å². The molecule has 0 unspecified atom stereocenters. The Morgan fingerprint density at radius 2 is 1.90 bits per heavy atom. The SMILES string of the molecule is COC(=O)[C@@]1(C#N)[C@H](c2ccc(Br)cc2)[C@@H](C(N)=O)N2C=Cc3ccccc3[C@H]21. The molecule has 0 radical (unpaired) electrons. The Kier molecular flexibility index (Phi) is 4.67. The van der Waals surface area contributed by atoms with Gasteiger partial charge < -0.3 is 15.4 Å². The number of carbonyl (C=O) groups is 2. The smallest absolute Gasteiger partial charge is 0.329 e. The minimum absolute atomic E-state index is 0.604. The summed E-state index contributed by atoms with van der Waals surface area (Å²) >= 11 is 3.40. The molecule has 1 fully saturated rings. The van der Waals surface area contributed by atoms with Crippen LogP contribution in [-0.2, 0) is 14.3 Å². The molecule has 0 aliphatic carbocycles. The number of carbonyl (C=O) groups excluding carboxylic acids is 2. The third kappa shape index (κ3) is 2.67. The second-order valence-electron chi connectivity index (χ2n) is 7.14. The number of methoxy groups -OCH3 is 1. The van der Waals surface area contributed by atoms with E-state index in [0.29, 0.717) is 5.56 Å². The number of halogens is 1. The summed E-state index contributed by atoms with van der Waals surface area (Å²) in [6.45, 7) is 0. The van der Waals surface area contributed by atoms with Crippen molar-refractivity contribution in [1.82, 2.24) is 4.90 Å². The van der Waals surface area contributed by atoms with Gasteiger partial charge in [0.1, 0.15) is 6.04 Å². The van der Waals surface area contributed by atoms with E-state index in [0.717, 1.165) is 15.6 Å². The fourth-order valence-corrected chi connectivity index (χ4v) is 4.92. The lowest BCUT2D eigenvalue weighted by Gasteiger charge is -2.35. The maximum atomic E-state index is 13.2. The fourth-order valence-electron chi connectivity index (χ4n) is 4.66. The van der Waals surface area contributed by atoms with Gasteiger partial charge in [-0.2, -0.15) is 5.26 Å². The van der Waals surface area contributed by atoms with Crippen LogP contribution in [-0.4, -0.2) is 29.9 Å². The predicted molar refractivity (Wildman–Crippen MR) is 110 cm³/mol. The van der Waals surface area contributed by atoms with Crippen molar-refractivity contribution in [2.75, 3.05) is 7.11 Å². The molecule has 2 heterocycles. The van der Waals surface area contributed by atoms with Crippen LogP contribution in [0.2, 0.25) is 0 Å². The molecule has 1 amide bonds. The number of primary amides is 1. The van der Waals surface area contributed by atoms with Crippen LogP contribution in [0.15, 0.2) is 59.2 Å². The van der Waals surface area contributed by atoms with Gasteiger partial charge in [-0.1, -0.05) is 52.3 Å². The third-order valence-electron chi connectivity index (χ3n) is 5.80. The first-order valence-corrected chi connectivity index (χ1v) is 9.84. The Labute approximate surface area is 176 Å². The topological polar surface area (TPSA) is 96.4 Å². The van der Waals surface area contributed by atoms with Crippen LogP contribution in [0.1, 0.15) is 28.7 Å². The van der Waals surface area contributed by atoms with Crippen molar-refractivity contribution in [2.45, 2.75) is 18.0 Å². The average molecular weight is 452 g/mol.